The van der Waals surface area contributed by atoms with Gasteiger partial charge < -0.3 is 14.4 Å². The minimum absolute atomic E-state index is 0.0417. The van der Waals surface area contributed by atoms with Gasteiger partial charge in [-0.25, -0.2) is 15.0 Å². The molecule has 1 aromatic carbocycles. The van der Waals surface area contributed by atoms with Crippen LogP contribution in [0.25, 0.3) is 11.5 Å². The lowest BCUT2D eigenvalue weighted by atomic mass is 10.1. The van der Waals surface area contributed by atoms with E-state index in [4.69, 9.17) is 9.47 Å². The van der Waals surface area contributed by atoms with Crippen LogP contribution in [0, 0.1) is 0 Å². The first-order chi connectivity index (χ1) is 15.1. The number of hydrogen-bond acceptors (Lipinski definition) is 8. The van der Waals surface area contributed by atoms with E-state index < -0.39 is 0 Å². The average molecular weight is 419 g/mol. The highest BCUT2D eigenvalue weighted by Gasteiger charge is 2.29. The maximum Gasteiger partial charge on any atom is 0.255 e. The fourth-order valence-electron chi connectivity index (χ4n) is 3.83. The number of benzene rings is 1. The van der Waals surface area contributed by atoms with Gasteiger partial charge in [-0.15, -0.1) is 0 Å². The summed E-state index contributed by atoms with van der Waals surface area (Å²) in [5, 5.41) is 0. The van der Waals surface area contributed by atoms with Gasteiger partial charge in [0.25, 0.3) is 5.56 Å². The lowest BCUT2D eigenvalue weighted by Gasteiger charge is -2.36. The second-order valence-corrected chi connectivity index (χ2v) is 7.55. The molecular formula is C22H21N5O4. The van der Waals surface area contributed by atoms with Crippen molar-refractivity contribution in [2.24, 2.45) is 0 Å². The second-order valence-electron chi connectivity index (χ2n) is 7.55. The molecule has 5 rings (SSSR count). The molecule has 0 radical (unpaired) electrons. The van der Waals surface area contributed by atoms with Crippen molar-refractivity contribution in [2.75, 3.05) is 24.7 Å². The smallest absolute Gasteiger partial charge is 0.255 e. The van der Waals surface area contributed by atoms with Crippen LogP contribution in [-0.4, -0.2) is 51.1 Å². The summed E-state index contributed by atoms with van der Waals surface area (Å²) < 4.78 is 12.7. The van der Waals surface area contributed by atoms with Crippen molar-refractivity contribution in [3.8, 4) is 23.0 Å². The molecule has 0 spiro atoms. The van der Waals surface area contributed by atoms with E-state index in [2.05, 4.69) is 15.0 Å². The molecule has 9 heteroatoms. The van der Waals surface area contributed by atoms with Crippen LogP contribution in [0.3, 0.4) is 0 Å². The predicted octanol–water partition coefficient (Wildman–Crippen LogP) is 1.95. The molecule has 0 fully saturated rings. The molecule has 3 aromatic rings. The number of ether oxygens (including phenoxy) is 2. The highest BCUT2D eigenvalue weighted by Crippen LogP contribution is 2.31. The van der Waals surface area contributed by atoms with Crippen LogP contribution in [0.1, 0.15) is 23.7 Å². The van der Waals surface area contributed by atoms with Crippen molar-refractivity contribution in [3.63, 3.8) is 0 Å². The third-order valence-electron chi connectivity index (χ3n) is 5.52. The third-order valence-corrected chi connectivity index (χ3v) is 5.52. The quantitative estimate of drug-likeness (QED) is 0.592. The van der Waals surface area contributed by atoms with Gasteiger partial charge in [0.05, 0.1) is 6.54 Å². The number of anilines is 1. The molecule has 0 N–H and O–H groups in total. The fraction of sp³-hybridized carbons (Fsp3) is 0.318. The van der Waals surface area contributed by atoms with Crippen molar-refractivity contribution >= 4 is 11.7 Å². The molecule has 2 aromatic heterocycles. The zero-order valence-electron chi connectivity index (χ0n) is 17.0. The largest absolute Gasteiger partial charge is 0.486 e. The lowest BCUT2D eigenvalue weighted by molar-refractivity contribution is 0.0993. The molecule has 4 heterocycles. The van der Waals surface area contributed by atoms with Gasteiger partial charge in [0.2, 0.25) is 5.95 Å². The SMILES string of the molecule is CC1CCn2c(nc(-c3ncccn3)cc2=O)N1CC(=O)c1ccc2c(c1)OCCO2. The maximum absolute atomic E-state index is 13.1. The highest BCUT2D eigenvalue weighted by atomic mass is 16.6. The number of hydrogen-bond donors (Lipinski definition) is 0. The predicted molar refractivity (Wildman–Crippen MR) is 113 cm³/mol. The number of nitrogens with zero attached hydrogens (tertiary/aromatic N) is 5. The average Bonchev–Trinajstić information content (AvgIpc) is 2.81. The molecule has 0 saturated carbocycles. The highest BCUT2D eigenvalue weighted by molar-refractivity contribution is 5.99. The van der Waals surface area contributed by atoms with Gasteiger partial charge in [-0.1, -0.05) is 0 Å². The Morgan fingerprint density at radius 3 is 2.71 bits per heavy atom. The summed E-state index contributed by atoms with van der Waals surface area (Å²) in [6.45, 7) is 3.62. The summed E-state index contributed by atoms with van der Waals surface area (Å²) >= 11 is 0. The first kappa shape index (κ1) is 19.2. The standard InChI is InChI=1S/C22H21N5O4/c1-14-5-8-26-20(29)12-16(21-23-6-2-7-24-21)25-22(26)27(14)13-17(28)15-3-4-18-19(11-15)31-10-9-30-18/h2-4,6-7,11-12,14H,5,8-10,13H2,1H3. The number of carbonyl (C=O) groups is 1. The Bertz CT molecular complexity index is 1190. The minimum atomic E-state index is -0.184. The summed E-state index contributed by atoms with van der Waals surface area (Å²) in [4.78, 5) is 40.8. The Morgan fingerprint density at radius 1 is 1.13 bits per heavy atom. The molecular weight excluding hydrogens is 398 g/mol. The van der Waals surface area contributed by atoms with Crippen molar-refractivity contribution in [1.29, 1.82) is 0 Å². The zero-order chi connectivity index (χ0) is 21.4. The number of ketones is 1. The number of aromatic nitrogens is 4. The van der Waals surface area contributed by atoms with Crippen LogP contribution >= 0.6 is 0 Å². The maximum atomic E-state index is 13.1. The summed E-state index contributed by atoms with van der Waals surface area (Å²) in [6.07, 6.45) is 3.95. The first-order valence-corrected chi connectivity index (χ1v) is 10.2. The number of carbonyl (C=O) groups excluding carboxylic acids is 1. The van der Waals surface area contributed by atoms with Gasteiger partial charge in [-0.3, -0.25) is 14.2 Å². The van der Waals surface area contributed by atoms with Gasteiger partial charge in [0, 0.05) is 36.6 Å². The number of rotatable bonds is 4. The van der Waals surface area contributed by atoms with Crippen molar-refractivity contribution in [1.82, 2.24) is 19.5 Å². The Morgan fingerprint density at radius 2 is 1.90 bits per heavy atom. The monoisotopic (exact) mass is 419 g/mol. The summed E-state index contributed by atoms with van der Waals surface area (Å²) in [7, 11) is 0. The van der Waals surface area contributed by atoms with E-state index in [0.29, 0.717) is 54.3 Å². The molecule has 2 aliphatic rings. The Labute approximate surface area is 178 Å². The van der Waals surface area contributed by atoms with E-state index in [-0.39, 0.29) is 23.9 Å². The van der Waals surface area contributed by atoms with Gasteiger partial charge >= 0.3 is 0 Å². The van der Waals surface area contributed by atoms with E-state index in [9.17, 15) is 9.59 Å². The van der Waals surface area contributed by atoms with Crippen molar-refractivity contribution in [2.45, 2.75) is 25.9 Å². The second kappa shape index (κ2) is 7.82. The van der Waals surface area contributed by atoms with E-state index >= 15 is 0 Å². The molecule has 1 atom stereocenters. The summed E-state index contributed by atoms with van der Waals surface area (Å²) in [5.41, 5.74) is 0.734. The first-order valence-electron chi connectivity index (χ1n) is 10.2. The molecule has 1 unspecified atom stereocenters. The Hall–Kier alpha value is -3.75. The van der Waals surface area contributed by atoms with Crippen LogP contribution in [0.4, 0.5) is 5.95 Å². The Kier molecular flexibility index (Phi) is 4.85. The van der Waals surface area contributed by atoms with Crippen LogP contribution < -0.4 is 19.9 Å². The molecule has 2 aliphatic heterocycles. The topological polar surface area (TPSA) is 99.4 Å². The summed E-state index contributed by atoms with van der Waals surface area (Å²) in [5.74, 6) is 1.95. The summed E-state index contributed by atoms with van der Waals surface area (Å²) in [6, 6.07) is 8.38. The number of Topliss-reactive ketones (excluding diaryl/α,β-unsaturated/α-hetero) is 1. The van der Waals surface area contributed by atoms with E-state index in [1.165, 1.54) is 6.07 Å². The molecule has 31 heavy (non-hydrogen) atoms. The van der Waals surface area contributed by atoms with Crippen LogP contribution in [0.5, 0.6) is 11.5 Å². The molecule has 0 bridgehead atoms. The van der Waals surface area contributed by atoms with Crippen LogP contribution in [-0.2, 0) is 6.54 Å². The lowest BCUT2D eigenvalue weighted by Crippen LogP contribution is -2.46. The van der Waals surface area contributed by atoms with Crippen molar-refractivity contribution < 1.29 is 14.3 Å². The molecule has 158 valence electrons. The van der Waals surface area contributed by atoms with Gasteiger partial charge in [0.1, 0.15) is 18.9 Å². The zero-order valence-corrected chi connectivity index (χ0v) is 17.0. The normalized spacial score (nSPS) is 17.2. The number of fused-ring (bicyclic) bond motifs is 2. The van der Waals surface area contributed by atoms with Crippen LogP contribution in [0.15, 0.2) is 47.5 Å². The molecule has 9 nitrogen and oxygen atoms in total. The third kappa shape index (κ3) is 3.63. The molecule has 0 amide bonds. The minimum Gasteiger partial charge on any atom is -0.486 e. The van der Waals surface area contributed by atoms with Crippen molar-refractivity contribution in [3.05, 3.63) is 58.6 Å². The van der Waals surface area contributed by atoms with Gasteiger partial charge in [-0.05, 0) is 37.6 Å². The van der Waals surface area contributed by atoms with E-state index in [0.717, 1.165) is 6.42 Å². The molecule has 0 saturated heterocycles. The fourth-order valence-corrected chi connectivity index (χ4v) is 3.83. The van der Waals surface area contributed by atoms with Gasteiger partial charge in [-0.2, -0.15) is 0 Å². The molecule has 0 aliphatic carbocycles. The van der Waals surface area contributed by atoms with Gasteiger partial charge in [0.15, 0.2) is 23.1 Å². The van der Waals surface area contributed by atoms with Crippen LogP contribution in [0.2, 0.25) is 0 Å². The Balaban J connectivity index is 1.48. The van der Waals surface area contributed by atoms with E-state index in [1.54, 1.807) is 41.2 Å². The van der Waals surface area contributed by atoms with E-state index in [1.807, 2.05) is 11.8 Å².